The van der Waals surface area contributed by atoms with Crippen LogP contribution in [0.25, 0.3) is 21.0 Å². The van der Waals surface area contributed by atoms with Crippen LogP contribution in [-0.4, -0.2) is 80.5 Å². The molecule has 9 nitrogen and oxygen atoms in total. The zero-order chi connectivity index (χ0) is 36.5. The first-order chi connectivity index (χ1) is 23.2. The van der Waals surface area contributed by atoms with Crippen molar-refractivity contribution in [1.82, 2.24) is 19.9 Å². The number of carboxylic acid groups (broad SMARTS) is 1. The molecule has 1 N–H and O–H groups in total. The van der Waals surface area contributed by atoms with Crippen molar-refractivity contribution in [3.63, 3.8) is 0 Å². The van der Waals surface area contributed by atoms with Crippen LogP contribution in [0.2, 0.25) is 0 Å². The second-order valence-corrected chi connectivity index (χ2v) is 13.4. The van der Waals surface area contributed by atoms with E-state index in [-0.39, 0.29) is 29.8 Å². The number of benzene rings is 1. The number of thiazole rings is 1. The Hall–Kier alpha value is -4.61. The van der Waals surface area contributed by atoms with Crippen molar-refractivity contribution in [3.05, 3.63) is 70.2 Å². The average Bonchev–Trinajstić information content (AvgIpc) is 3.52. The van der Waals surface area contributed by atoms with Crippen molar-refractivity contribution in [3.8, 4) is 21.0 Å². The number of nitrogens with zero attached hydrogens (tertiary/aromatic N) is 5. The molecule has 3 atom stereocenters. The molecule has 1 aliphatic carbocycles. The zero-order valence-electron chi connectivity index (χ0n) is 26.4. The number of allylic oxidation sites excluding steroid dienone is 3. The number of cyclic esters (lactones) is 1. The summed E-state index contributed by atoms with van der Waals surface area (Å²) in [4.78, 5) is 40.9. The molecule has 3 aliphatic rings. The summed E-state index contributed by atoms with van der Waals surface area (Å²) in [5.74, 6) is -5.60. The average molecular weight is 730 g/mol. The van der Waals surface area contributed by atoms with Crippen molar-refractivity contribution in [1.29, 1.82) is 0 Å². The smallest absolute Gasteiger partial charge is 0.416 e. The van der Waals surface area contributed by atoms with Gasteiger partial charge in [0.15, 0.2) is 0 Å². The fourth-order valence-corrected chi connectivity index (χ4v) is 7.37. The van der Waals surface area contributed by atoms with E-state index in [4.69, 9.17) is 4.74 Å². The Morgan fingerprint density at radius 3 is 2.38 bits per heavy atom. The van der Waals surface area contributed by atoms with Gasteiger partial charge in [0, 0.05) is 28.8 Å². The van der Waals surface area contributed by atoms with Crippen molar-refractivity contribution in [2.24, 2.45) is 5.92 Å². The van der Waals surface area contributed by atoms with Crippen LogP contribution in [0.1, 0.15) is 40.7 Å². The van der Waals surface area contributed by atoms with E-state index in [0.717, 1.165) is 4.90 Å². The predicted octanol–water partition coefficient (Wildman–Crippen LogP) is 7.74. The van der Waals surface area contributed by atoms with Crippen molar-refractivity contribution in [2.45, 2.75) is 64.2 Å². The standard InChI is InChI=1S/C32H27F8N5O4S/c1-14-6-17(27(46)47)4-5-21(14)26-42-15(2)25(50-26)22-10-41-28(44-12-30(33,34)13-44)43-23(22)11-45-16(3)24(49-29(45)48)18-7-19(31(35,36)37)9-20(8-18)32(38,39)40/h4-7,9-10,16,18,24H,8,11-13H2,1-3H3,(H,46,47). The van der Waals surface area contributed by atoms with Gasteiger partial charge in [0.2, 0.25) is 5.95 Å². The highest BCUT2D eigenvalue weighted by Gasteiger charge is 2.49. The number of hydrogen-bond acceptors (Lipinski definition) is 8. The summed E-state index contributed by atoms with van der Waals surface area (Å²) in [6.07, 6.45) is -11.3. The van der Waals surface area contributed by atoms with Gasteiger partial charge in [-0.25, -0.2) is 33.3 Å². The van der Waals surface area contributed by atoms with Gasteiger partial charge in [0.25, 0.3) is 5.92 Å². The number of alkyl halides is 8. The van der Waals surface area contributed by atoms with Gasteiger partial charge in [-0.15, -0.1) is 11.3 Å². The van der Waals surface area contributed by atoms with Crippen molar-refractivity contribution < 1.29 is 54.6 Å². The molecule has 2 saturated heterocycles. The summed E-state index contributed by atoms with van der Waals surface area (Å²) < 4.78 is 115. The number of carbonyl (C=O) groups is 2. The molecule has 2 aromatic heterocycles. The number of aromatic carboxylic acids is 1. The molecule has 1 amide bonds. The molecule has 0 radical (unpaired) electrons. The number of anilines is 1. The van der Waals surface area contributed by atoms with E-state index in [1.54, 1.807) is 19.9 Å². The summed E-state index contributed by atoms with van der Waals surface area (Å²) in [5.41, 5.74) is -0.559. The maximum Gasteiger partial charge on any atom is 0.416 e. The second-order valence-electron chi connectivity index (χ2n) is 12.4. The normalized spacial score (nSPS) is 22.2. The highest BCUT2D eigenvalue weighted by molar-refractivity contribution is 7.18. The highest BCUT2D eigenvalue weighted by Crippen LogP contribution is 2.44. The number of ether oxygens (including phenoxy) is 1. The molecule has 0 saturated carbocycles. The molecular weight excluding hydrogens is 702 g/mol. The fourth-order valence-electron chi connectivity index (χ4n) is 6.19. The molecule has 3 unspecified atom stereocenters. The number of amides is 1. The lowest BCUT2D eigenvalue weighted by molar-refractivity contribution is -0.101. The summed E-state index contributed by atoms with van der Waals surface area (Å²) in [5, 5.41) is 9.85. The third-order valence-electron chi connectivity index (χ3n) is 8.78. The van der Waals surface area contributed by atoms with Gasteiger partial charge in [-0.2, -0.15) is 26.3 Å². The predicted molar refractivity (Wildman–Crippen MR) is 164 cm³/mol. The van der Waals surface area contributed by atoms with Gasteiger partial charge in [-0.05, 0) is 51.0 Å². The second kappa shape index (κ2) is 12.3. The Balaban J connectivity index is 1.35. The Morgan fingerprint density at radius 2 is 1.78 bits per heavy atom. The minimum atomic E-state index is -5.08. The maximum absolute atomic E-state index is 13.7. The lowest BCUT2D eigenvalue weighted by atomic mass is 9.83. The van der Waals surface area contributed by atoms with Crippen LogP contribution in [0, 0.1) is 19.8 Å². The molecule has 0 bridgehead atoms. The molecule has 2 aliphatic heterocycles. The molecule has 1 aromatic carbocycles. The summed E-state index contributed by atoms with van der Waals surface area (Å²) in [6, 6.07) is 3.50. The Morgan fingerprint density at radius 1 is 1.08 bits per heavy atom. The first-order valence-corrected chi connectivity index (χ1v) is 15.9. The lowest BCUT2D eigenvalue weighted by Gasteiger charge is -2.38. The topological polar surface area (TPSA) is 109 Å². The Bertz CT molecular complexity index is 1930. The van der Waals surface area contributed by atoms with Gasteiger partial charge in [-0.1, -0.05) is 12.1 Å². The monoisotopic (exact) mass is 729 g/mol. The van der Waals surface area contributed by atoms with Crippen LogP contribution < -0.4 is 4.90 Å². The van der Waals surface area contributed by atoms with Crippen LogP contribution in [0.15, 0.2) is 47.7 Å². The lowest BCUT2D eigenvalue weighted by Crippen LogP contribution is -2.57. The van der Waals surface area contributed by atoms with E-state index in [1.807, 2.05) is 0 Å². The van der Waals surface area contributed by atoms with Crippen LogP contribution in [0.3, 0.4) is 0 Å². The third kappa shape index (κ3) is 6.76. The maximum atomic E-state index is 13.7. The SMILES string of the molecule is Cc1cc(C(=O)O)ccc1-c1nc(C)c(-c2cnc(N3CC(F)(F)C3)nc2CN2C(=O)OC(C3C=C(C(F)(F)F)C=C(C(F)(F)F)C3)C2C)s1. The molecule has 2 fully saturated rings. The number of carboxylic acids is 1. The van der Waals surface area contributed by atoms with E-state index < -0.39 is 79.1 Å². The summed E-state index contributed by atoms with van der Waals surface area (Å²) in [6.45, 7) is 3.17. The minimum absolute atomic E-state index is 0.0529. The van der Waals surface area contributed by atoms with Gasteiger partial charge in [-0.3, -0.25) is 4.90 Å². The van der Waals surface area contributed by atoms with E-state index >= 15 is 0 Å². The zero-order valence-corrected chi connectivity index (χ0v) is 27.2. The molecule has 266 valence electrons. The minimum Gasteiger partial charge on any atom is -0.478 e. The molecule has 6 rings (SSSR count). The molecule has 3 aromatic rings. The number of hydrogen-bond donors (Lipinski definition) is 1. The number of aromatic nitrogens is 3. The molecule has 18 heteroatoms. The molecule has 50 heavy (non-hydrogen) atoms. The van der Waals surface area contributed by atoms with Crippen molar-refractivity contribution in [2.75, 3.05) is 18.0 Å². The molecule has 0 spiro atoms. The summed E-state index contributed by atoms with van der Waals surface area (Å²) in [7, 11) is 0. The first-order valence-electron chi connectivity index (χ1n) is 15.1. The van der Waals surface area contributed by atoms with Gasteiger partial charge < -0.3 is 14.7 Å². The van der Waals surface area contributed by atoms with E-state index in [9.17, 15) is 49.8 Å². The fraction of sp³-hybridized carbons (Fsp3) is 0.406. The Kier molecular flexibility index (Phi) is 8.67. The van der Waals surface area contributed by atoms with Crippen LogP contribution in [0.5, 0.6) is 0 Å². The number of rotatable bonds is 7. The highest BCUT2D eigenvalue weighted by atomic mass is 32.1. The van der Waals surface area contributed by atoms with Gasteiger partial charge in [0.1, 0.15) is 11.1 Å². The molecular formula is C32H27F8N5O4S. The number of halogens is 8. The summed E-state index contributed by atoms with van der Waals surface area (Å²) >= 11 is 1.20. The third-order valence-corrected chi connectivity index (χ3v) is 10.0. The van der Waals surface area contributed by atoms with E-state index in [1.165, 1.54) is 41.5 Å². The van der Waals surface area contributed by atoms with Crippen molar-refractivity contribution >= 4 is 29.3 Å². The Labute approximate surface area is 282 Å². The molecule has 4 heterocycles. The van der Waals surface area contributed by atoms with E-state index in [0.29, 0.717) is 38.3 Å². The van der Waals surface area contributed by atoms with Gasteiger partial charge in [0.05, 0.1) is 53.1 Å². The van der Waals surface area contributed by atoms with E-state index in [2.05, 4.69) is 15.0 Å². The number of carbonyl (C=O) groups excluding carboxylic acids is 1. The largest absolute Gasteiger partial charge is 0.478 e. The quantitative estimate of drug-likeness (QED) is 0.246. The van der Waals surface area contributed by atoms with Gasteiger partial charge >= 0.3 is 24.4 Å². The first kappa shape index (κ1) is 35.2. The van der Waals surface area contributed by atoms with Crippen LogP contribution in [-0.2, 0) is 11.3 Å². The van der Waals surface area contributed by atoms with Crippen LogP contribution >= 0.6 is 11.3 Å². The van der Waals surface area contributed by atoms with Crippen LogP contribution in [0.4, 0.5) is 45.9 Å². The number of aryl methyl sites for hydroxylation is 2.